The number of carbonyl (C=O) groups is 1. The Morgan fingerprint density at radius 3 is 2.50 bits per heavy atom. The third-order valence-electron chi connectivity index (χ3n) is 3.86. The van der Waals surface area contributed by atoms with Crippen LogP contribution in [0.4, 0.5) is 0 Å². The predicted octanol–water partition coefficient (Wildman–Crippen LogP) is 2.11. The van der Waals surface area contributed by atoms with Crippen molar-refractivity contribution in [2.75, 3.05) is 19.8 Å². The molecule has 1 aromatic rings. The molecule has 2 rings (SSSR count). The molecule has 7 nitrogen and oxygen atoms in total. The normalized spacial score (nSPS) is 19.0. The van der Waals surface area contributed by atoms with Gasteiger partial charge in [-0.3, -0.25) is 4.79 Å². The third-order valence-corrected chi connectivity index (χ3v) is 5.76. The van der Waals surface area contributed by atoms with Crippen LogP contribution < -0.4 is 9.47 Å². The van der Waals surface area contributed by atoms with Crippen molar-refractivity contribution in [3.63, 3.8) is 0 Å². The highest BCUT2D eigenvalue weighted by Gasteiger charge is 2.37. The van der Waals surface area contributed by atoms with E-state index in [0.29, 0.717) is 44.0 Å². The van der Waals surface area contributed by atoms with E-state index >= 15 is 0 Å². The fourth-order valence-electron chi connectivity index (χ4n) is 2.77. The second kappa shape index (κ2) is 7.85. The van der Waals surface area contributed by atoms with E-state index in [1.54, 1.807) is 13.0 Å². The third kappa shape index (κ3) is 3.81. The van der Waals surface area contributed by atoms with Crippen molar-refractivity contribution in [2.24, 2.45) is 0 Å². The molecule has 0 radical (unpaired) electrons. The standard InChI is InChI=1S/C16H23NO6S/c1-3-22-14-9-8-12(11-15(14)23-4-2)24(20,21)17-10-6-5-7-13(17)16(18)19/h8-9,11,13H,3-7,10H2,1-2H3,(H,18,19). The molecule has 8 heteroatoms. The second-order valence-electron chi connectivity index (χ2n) is 5.44. The van der Waals surface area contributed by atoms with Gasteiger partial charge in [0.1, 0.15) is 6.04 Å². The van der Waals surface area contributed by atoms with Gasteiger partial charge in [0.2, 0.25) is 10.0 Å². The van der Waals surface area contributed by atoms with Gasteiger partial charge in [-0.2, -0.15) is 4.31 Å². The highest BCUT2D eigenvalue weighted by Crippen LogP contribution is 2.33. The van der Waals surface area contributed by atoms with E-state index in [1.165, 1.54) is 12.1 Å². The van der Waals surface area contributed by atoms with Crippen LogP contribution in [0.15, 0.2) is 23.1 Å². The van der Waals surface area contributed by atoms with Crippen molar-refractivity contribution in [3.8, 4) is 11.5 Å². The minimum absolute atomic E-state index is 0.0163. The Morgan fingerprint density at radius 1 is 1.21 bits per heavy atom. The summed E-state index contributed by atoms with van der Waals surface area (Å²) in [6, 6.07) is 3.35. The number of hydrogen-bond donors (Lipinski definition) is 1. The summed E-state index contributed by atoms with van der Waals surface area (Å²) >= 11 is 0. The van der Waals surface area contributed by atoms with Crippen LogP contribution in [0, 0.1) is 0 Å². The summed E-state index contributed by atoms with van der Waals surface area (Å²) in [5.74, 6) is -0.315. The van der Waals surface area contributed by atoms with E-state index in [9.17, 15) is 18.3 Å². The van der Waals surface area contributed by atoms with Crippen LogP contribution in [0.25, 0.3) is 0 Å². The van der Waals surface area contributed by atoms with Crippen LogP contribution in [-0.2, 0) is 14.8 Å². The molecule has 1 atom stereocenters. The lowest BCUT2D eigenvalue weighted by Crippen LogP contribution is -2.47. The number of nitrogens with zero attached hydrogens (tertiary/aromatic N) is 1. The average molecular weight is 357 g/mol. The molecular formula is C16H23NO6S. The Bertz CT molecular complexity index is 688. The number of carboxylic acids is 1. The molecule has 24 heavy (non-hydrogen) atoms. The molecule has 0 saturated carbocycles. The van der Waals surface area contributed by atoms with Gasteiger partial charge >= 0.3 is 5.97 Å². The van der Waals surface area contributed by atoms with Gasteiger partial charge in [-0.25, -0.2) is 8.42 Å². The molecule has 0 bridgehead atoms. The molecule has 1 aliphatic rings. The van der Waals surface area contributed by atoms with Crippen LogP contribution in [0.1, 0.15) is 33.1 Å². The van der Waals surface area contributed by atoms with E-state index in [-0.39, 0.29) is 11.4 Å². The lowest BCUT2D eigenvalue weighted by Gasteiger charge is -2.32. The number of sulfonamides is 1. The first-order valence-corrected chi connectivity index (χ1v) is 9.50. The molecular weight excluding hydrogens is 334 g/mol. The minimum atomic E-state index is -3.91. The van der Waals surface area contributed by atoms with Gasteiger partial charge in [-0.05, 0) is 45.2 Å². The molecule has 1 saturated heterocycles. The van der Waals surface area contributed by atoms with Crippen molar-refractivity contribution < 1.29 is 27.8 Å². The van der Waals surface area contributed by atoms with Gasteiger partial charge in [0.05, 0.1) is 18.1 Å². The lowest BCUT2D eigenvalue weighted by molar-refractivity contribution is -0.142. The Labute approximate surface area is 142 Å². The summed E-state index contributed by atoms with van der Waals surface area (Å²) in [4.78, 5) is 11.4. The number of ether oxygens (including phenoxy) is 2. The quantitative estimate of drug-likeness (QED) is 0.803. The average Bonchev–Trinajstić information content (AvgIpc) is 2.56. The lowest BCUT2D eigenvalue weighted by atomic mass is 10.1. The summed E-state index contributed by atoms with van der Waals surface area (Å²) in [6.07, 6.45) is 1.68. The monoisotopic (exact) mass is 357 g/mol. The van der Waals surface area contributed by atoms with Crippen molar-refractivity contribution in [2.45, 2.75) is 44.0 Å². The highest BCUT2D eigenvalue weighted by molar-refractivity contribution is 7.89. The Hall–Kier alpha value is -1.80. The van der Waals surface area contributed by atoms with Crippen molar-refractivity contribution in [1.82, 2.24) is 4.31 Å². The van der Waals surface area contributed by atoms with E-state index < -0.39 is 22.0 Å². The maximum absolute atomic E-state index is 12.9. The van der Waals surface area contributed by atoms with Crippen molar-refractivity contribution in [3.05, 3.63) is 18.2 Å². The molecule has 1 aliphatic heterocycles. The Kier molecular flexibility index (Phi) is 6.06. The maximum atomic E-state index is 12.9. The topological polar surface area (TPSA) is 93.1 Å². The van der Waals surface area contributed by atoms with Gasteiger partial charge in [-0.1, -0.05) is 0 Å². The first-order chi connectivity index (χ1) is 11.4. The SMILES string of the molecule is CCOc1ccc(S(=O)(=O)N2CCCCC2C(=O)O)cc1OCC. The summed E-state index contributed by atoms with van der Waals surface area (Å²) < 4.78 is 37.8. The Morgan fingerprint density at radius 2 is 1.88 bits per heavy atom. The molecule has 1 aromatic carbocycles. The molecule has 1 heterocycles. The molecule has 0 spiro atoms. The second-order valence-corrected chi connectivity index (χ2v) is 7.33. The van der Waals surface area contributed by atoms with Gasteiger partial charge in [-0.15, -0.1) is 0 Å². The zero-order chi connectivity index (χ0) is 17.7. The molecule has 134 valence electrons. The van der Waals surface area contributed by atoms with Gasteiger partial charge in [0.15, 0.2) is 11.5 Å². The van der Waals surface area contributed by atoms with Crippen LogP contribution in [-0.4, -0.2) is 49.6 Å². The maximum Gasteiger partial charge on any atom is 0.322 e. The number of piperidine rings is 1. The molecule has 1 fully saturated rings. The van der Waals surface area contributed by atoms with Crippen LogP contribution in [0.2, 0.25) is 0 Å². The van der Waals surface area contributed by atoms with E-state index in [1.807, 2.05) is 6.92 Å². The Balaban J connectivity index is 2.40. The molecule has 0 amide bonds. The van der Waals surface area contributed by atoms with Gasteiger partial charge in [0.25, 0.3) is 0 Å². The zero-order valence-corrected chi connectivity index (χ0v) is 14.7. The molecule has 0 aliphatic carbocycles. The van der Waals surface area contributed by atoms with E-state index in [2.05, 4.69) is 0 Å². The van der Waals surface area contributed by atoms with Crippen LogP contribution in [0.5, 0.6) is 11.5 Å². The first-order valence-electron chi connectivity index (χ1n) is 8.06. The van der Waals surface area contributed by atoms with Crippen LogP contribution >= 0.6 is 0 Å². The molecule has 1 unspecified atom stereocenters. The van der Waals surface area contributed by atoms with Crippen LogP contribution in [0.3, 0.4) is 0 Å². The molecule has 0 aromatic heterocycles. The smallest absolute Gasteiger partial charge is 0.322 e. The van der Waals surface area contributed by atoms with Crippen molar-refractivity contribution in [1.29, 1.82) is 0 Å². The van der Waals surface area contributed by atoms with E-state index in [4.69, 9.17) is 9.47 Å². The number of hydrogen-bond acceptors (Lipinski definition) is 5. The van der Waals surface area contributed by atoms with Gasteiger partial charge in [0, 0.05) is 12.6 Å². The zero-order valence-electron chi connectivity index (χ0n) is 13.9. The summed E-state index contributed by atoms with van der Waals surface area (Å²) in [5.41, 5.74) is 0. The highest BCUT2D eigenvalue weighted by atomic mass is 32.2. The largest absolute Gasteiger partial charge is 0.490 e. The number of benzene rings is 1. The fourth-order valence-corrected chi connectivity index (χ4v) is 4.43. The first kappa shape index (κ1) is 18.5. The number of aliphatic carboxylic acids is 1. The fraction of sp³-hybridized carbons (Fsp3) is 0.562. The minimum Gasteiger partial charge on any atom is -0.490 e. The predicted molar refractivity (Wildman–Crippen MR) is 87.9 cm³/mol. The van der Waals surface area contributed by atoms with Crippen molar-refractivity contribution >= 4 is 16.0 Å². The molecule has 1 N–H and O–H groups in total. The summed E-state index contributed by atoms with van der Waals surface area (Å²) in [5, 5.41) is 9.32. The number of carboxylic acid groups (broad SMARTS) is 1. The summed E-state index contributed by atoms with van der Waals surface area (Å²) in [6.45, 7) is 4.62. The van der Waals surface area contributed by atoms with Gasteiger partial charge < -0.3 is 14.6 Å². The number of rotatable bonds is 7. The van der Waals surface area contributed by atoms with E-state index in [0.717, 1.165) is 4.31 Å². The summed E-state index contributed by atoms with van der Waals surface area (Å²) in [7, 11) is -3.91.